The van der Waals surface area contributed by atoms with Crippen molar-refractivity contribution in [1.82, 2.24) is 25.1 Å². The van der Waals surface area contributed by atoms with Crippen LogP contribution in [0.5, 0.6) is 0 Å². The van der Waals surface area contributed by atoms with Gasteiger partial charge in [-0.25, -0.2) is 9.48 Å². The molecule has 0 atom stereocenters. The van der Waals surface area contributed by atoms with Gasteiger partial charge in [-0.3, -0.25) is 9.59 Å². The zero-order valence-corrected chi connectivity index (χ0v) is 18.2. The van der Waals surface area contributed by atoms with Gasteiger partial charge in [-0.2, -0.15) is 13.2 Å². The van der Waals surface area contributed by atoms with Crippen LogP contribution >= 0.6 is 11.6 Å². The molecule has 0 aliphatic rings. The molecule has 2 amide bonds. The first-order valence-corrected chi connectivity index (χ1v) is 9.83. The van der Waals surface area contributed by atoms with E-state index in [1.165, 1.54) is 36.3 Å². The molecular formula is C20H16ClF3N6O4. The molecule has 1 heterocycles. The number of anilines is 1. The number of halogens is 4. The third kappa shape index (κ3) is 6.28. The molecule has 0 aliphatic carbocycles. The van der Waals surface area contributed by atoms with E-state index in [0.717, 1.165) is 11.0 Å². The third-order valence-corrected chi connectivity index (χ3v) is 4.73. The molecule has 3 aromatic rings. The summed E-state index contributed by atoms with van der Waals surface area (Å²) in [6.07, 6.45) is -3.32. The fourth-order valence-electron chi connectivity index (χ4n) is 2.68. The molecule has 14 heteroatoms. The van der Waals surface area contributed by atoms with Gasteiger partial charge in [0.05, 0.1) is 28.4 Å². The summed E-state index contributed by atoms with van der Waals surface area (Å²) in [5.74, 6) is -2.22. The quantitative estimate of drug-likeness (QED) is 0.499. The highest BCUT2D eigenvalue weighted by Gasteiger charge is 2.33. The van der Waals surface area contributed by atoms with Gasteiger partial charge in [0.25, 0.3) is 5.91 Å². The van der Waals surface area contributed by atoms with Crippen molar-refractivity contribution >= 4 is 35.1 Å². The Morgan fingerprint density at radius 2 is 1.85 bits per heavy atom. The Bertz CT molecular complexity index is 1190. The highest BCUT2D eigenvalue weighted by Crippen LogP contribution is 2.36. The first kappa shape index (κ1) is 24.6. The maximum Gasteiger partial charge on any atom is 0.417 e. The summed E-state index contributed by atoms with van der Waals surface area (Å²) >= 11 is 5.54. The fourth-order valence-corrected chi connectivity index (χ4v) is 2.90. The number of alkyl halides is 3. The van der Waals surface area contributed by atoms with Crippen LogP contribution in [-0.4, -0.2) is 63.1 Å². The van der Waals surface area contributed by atoms with Crippen molar-refractivity contribution in [3.05, 3.63) is 64.9 Å². The molecule has 0 saturated heterocycles. The largest absolute Gasteiger partial charge is 0.452 e. The van der Waals surface area contributed by atoms with Crippen molar-refractivity contribution in [3.63, 3.8) is 0 Å². The smallest absolute Gasteiger partial charge is 0.417 e. The number of hydrogen-bond acceptors (Lipinski definition) is 7. The van der Waals surface area contributed by atoms with Crippen LogP contribution in [-0.2, 0) is 20.5 Å². The number of nitrogens with one attached hydrogen (secondary N) is 1. The molecule has 178 valence electrons. The van der Waals surface area contributed by atoms with Crippen molar-refractivity contribution in [3.8, 4) is 5.69 Å². The number of hydrogen-bond donors (Lipinski definition) is 1. The van der Waals surface area contributed by atoms with E-state index in [1.807, 2.05) is 0 Å². The van der Waals surface area contributed by atoms with Gasteiger partial charge in [0.2, 0.25) is 5.91 Å². The minimum absolute atomic E-state index is 0.140. The van der Waals surface area contributed by atoms with E-state index in [0.29, 0.717) is 11.8 Å². The van der Waals surface area contributed by atoms with Crippen molar-refractivity contribution in [2.24, 2.45) is 0 Å². The summed E-state index contributed by atoms with van der Waals surface area (Å²) in [6, 6.07) is 8.96. The number of esters is 1. The van der Waals surface area contributed by atoms with Crippen LogP contribution in [0.15, 0.2) is 48.8 Å². The molecule has 1 N–H and O–H groups in total. The van der Waals surface area contributed by atoms with Crippen LogP contribution in [0.4, 0.5) is 18.9 Å². The number of ether oxygens (including phenoxy) is 1. The van der Waals surface area contributed by atoms with Crippen LogP contribution < -0.4 is 5.32 Å². The first-order valence-electron chi connectivity index (χ1n) is 9.45. The van der Waals surface area contributed by atoms with Gasteiger partial charge in [-0.1, -0.05) is 11.6 Å². The second kappa shape index (κ2) is 10.3. The lowest BCUT2D eigenvalue weighted by atomic mass is 10.2. The fraction of sp³-hybridized carbons (Fsp3) is 0.200. The number of carbonyl (C=O) groups excluding carboxylic acids is 3. The average Bonchev–Trinajstić information content (AvgIpc) is 3.32. The predicted octanol–water partition coefficient (Wildman–Crippen LogP) is 2.59. The van der Waals surface area contributed by atoms with E-state index in [9.17, 15) is 27.6 Å². The summed E-state index contributed by atoms with van der Waals surface area (Å²) < 4.78 is 45.2. The molecule has 0 spiro atoms. The molecule has 34 heavy (non-hydrogen) atoms. The summed E-state index contributed by atoms with van der Waals surface area (Å²) in [5, 5.41) is 12.5. The molecule has 0 saturated carbocycles. The molecular weight excluding hydrogens is 481 g/mol. The van der Waals surface area contributed by atoms with Gasteiger partial charge < -0.3 is 15.0 Å². The number of tetrazole rings is 1. The minimum Gasteiger partial charge on any atom is -0.452 e. The van der Waals surface area contributed by atoms with Crippen molar-refractivity contribution in [2.45, 2.75) is 6.18 Å². The Balaban J connectivity index is 1.50. The molecule has 3 rings (SSSR count). The van der Waals surface area contributed by atoms with Crippen LogP contribution in [0.25, 0.3) is 5.69 Å². The van der Waals surface area contributed by atoms with Crippen LogP contribution in [0.1, 0.15) is 15.9 Å². The van der Waals surface area contributed by atoms with Gasteiger partial charge in [0.15, 0.2) is 6.61 Å². The van der Waals surface area contributed by atoms with Crippen molar-refractivity contribution < 1.29 is 32.3 Å². The molecule has 0 fully saturated rings. The van der Waals surface area contributed by atoms with Gasteiger partial charge in [-0.05, 0) is 52.9 Å². The summed E-state index contributed by atoms with van der Waals surface area (Å²) in [6.45, 7) is -1.13. The molecule has 2 aromatic carbocycles. The number of benzene rings is 2. The Morgan fingerprint density at radius 3 is 2.47 bits per heavy atom. The number of rotatable bonds is 7. The van der Waals surface area contributed by atoms with Gasteiger partial charge in [0.1, 0.15) is 6.33 Å². The highest BCUT2D eigenvalue weighted by atomic mass is 35.5. The highest BCUT2D eigenvalue weighted by molar-refractivity contribution is 6.31. The number of aromatic nitrogens is 4. The van der Waals surface area contributed by atoms with Gasteiger partial charge >= 0.3 is 12.1 Å². The van der Waals surface area contributed by atoms with E-state index in [2.05, 4.69) is 20.8 Å². The maximum absolute atomic E-state index is 12.9. The van der Waals surface area contributed by atoms with Gasteiger partial charge in [-0.15, -0.1) is 5.10 Å². The van der Waals surface area contributed by atoms with Gasteiger partial charge in [0, 0.05) is 12.7 Å². The average molecular weight is 497 g/mol. The Hall–Kier alpha value is -4.00. The molecule has 0 bridgehead atoms. The Labute approximate surface area is 195 Å². The summed E-state index contributed by atoms with van der Waals surface area (Å²) in [7, 11) is 1.28. The Morgan fingerprint density at radius 1 is 1.15 bits per heavy atom. The van der Waals surface area contributed by atoms with Crippen molar-refractivity contribution in [2.75, 3.05) is 25.5 Å². The second-order valence-electron chi connectivity index (χ2n) is 6.87. The molecule has 0 unspecified atom stereocenters. The number of carbonyl (C=O) groups is 3. The lowest BCUT2D eigenvalue weighted by Crippen LogP contribution is -2.37. The van der Waals surface area contributed by atoms with E-state index in [1.54, 1.807) is 12.1 Å². The standard InChI is InChI=1S/C20H16ClF3N6O4/c1-29(9-17(31)26-13-4-7-16(21)15(8-13)20(22,23)24)18(32)10-34-19(33)12-2-5-14(6-3-12)30-11-25-27-28-30/h2-8,11H,9-10H2,1H3,(H,26,31). The number of likely N-dealkylation sites (N-methyl/N-ethyl adjacent to an activating group) is 1. The molecule has 1 aromatic heterocycles. The topological polar surface area (TPSA) is 119 Å². The van der Waals surface area contributed by atoms with E-state index < -0.39 is 47.7 Å². The van der Waals surface area contributed by atoms with Crippen LogP contribution in [0, 0.1) is 0 Å². The minimum atomic E-state index is -4.69. The maximum atomic E-state index is 12.9. The SMILES string of the molecule is CN(CC(=O)Nc1ccc(Cl)c(C(F)(F)F)c1)C(=O)COC(=O)c1ccc(-n2cnnn2)cc1. The van der Waals surface area contributed by atoms with E-state index in [-0.39, 0.29) is 11.3 Å². The second-order valence-corrected chi connectivity index (χ2v) is 7.27. The summed E-state index contributed by atoms with van der Waals surface area (Å²) in [4.78, 5) is 37.4. The molecule has 0 aliphatic heterocycles. The summed E-state index contributed by atoms with van der Waals surface area (Å²) in [5.41, 5.74) is -0.465. The lowest BCUT2D eigenvalue weighted by molar-refractivity contribution is -0.137. The monoisotopic (exact) mass is 496 g/mol. The normalized spacial score (nSPS) is 11.1. The number of amides is 2. The molecule has 0 radical (unpaired) electrons. The van der Waals surface area contributed by atoms with Crippen molar-refractivity contribution in [1.29, 1.82) is 0 Å². The predicted molar refractivity (Wildman–Crippen MR) is 112 cm³/mol. The van der Waals surface area contributed by atoms with Crippen LogP contribution in [0.2, 0.25) is 5.02 Å². The van der Waals surface area contributed by atoms with E-state index in [4.69, 9.17) is 16.3 Å². The lowest BCUT2D eigenvalue weighted by Gasteiger charge is -2.17. The zero-order valence-electron chi connectivity index (χ0n) is 17.4. The first-order chi connectivity index (χ1) is 16.0. The third-order valence-electron chi connectivity index (χ3n) is 4.41. The zero-order chi connectivity index (χ0) is 24.9. The van der Waals surface area contributed by atoms with Crippen LogP contribution in [0.3, 0.4) is 0 Å². The molecule has 10 nitrogen and oxygen atoms in total. The number of nitrogens with zero attached hydrogens (tertiary/aromatic N) is 5. The Kier molecular flexibility index (Phi) is 7.46. The van der Waals surface area contributed by atoms with E-state index >= 15 is 0 Å².